The number of hydrogen-bond donors (Lipinski definition) is 2. The van der Waals surface area contributed by atoms with Gasteiger partial charge in [0.2, 0.25) is 6.79 Å². The minimum absolute atomic E-state index is 0.128. The lowest BCUT2D eigenvalue weighted by Gasteiger charge is -2.01. The normalized spacial score (nSPS) is 13.4. The molecule has 0 unspecified atom stereocenters. The fourth-order valence-electron chi connectivity index (χ4n) is 1.56. The lowest BCUT2D eigenvalue weighted by molar-refractivity contribution is -0.139. The molecular formula is C12H10O6. The average molecular weight is 250 g/mol. The maximum absolute atomic E-state index is 10.9. The van der Waals surface area contributed by atoms with Gasteiger partial charge in [-0.25, -0.2) is 4.79 Å². The van der Waals surface area contributed by atoms with Crippen molar-refractivity contribution in [3.8, 4) is 11.5 Å². The predicted octanol–water partition coefficient (Wildman–Crippen LogP) is 1.36. The van der Waals surface area contributed by atoms with Gasteiger partial charge in [-0.3, -0.25) is 4.79 Å². The molecule has 0 saturated heterocycles. The Morgan fingerprint density at radius 3 is 2.61 bits per heavy atom. The molecule has 94 valence electrons. The van der Waals surface area contributed by atoms with Crippen molar-refractivity contribution in [3.63, 3.8) is 0 Å². The van der Waals surface area contributed by atoms with Crippen LogP contribution in [0.15, 0.2) is 23.8 Å². The van der Waals surface area contributed by atoms with Crippen LogP contribution < -0.4 is 9.47 Å². The van der Waals surface area contributed by atoms with Gasteiger partial charge in [-0.05, 0) is 23.8 Å². The summed E-state index contributed by atoms with van der Waals surface area (Å²) in [6.07, 6.45) is 0.766. The van der Waals surface area contributed by atoms with Gasteiger partial charge in [0.1, 0.15) is 0 Å². The van der Waals surface area contributed by atoms with E-state index in [9.17, 15) is 9.59 Å². The molecule has 1 aliphatic heterocycles. The number of rotatable bonds is 4. The van der Waals surface area contributed by atoms with Crippen molar-refractivity contribution in [1.29, 1.82) is 0 Å². The van der Waals surface area contributed by atoms with E-state index < -0.39 is 18.4 Å². The van der Waals surface area contributed by atoms with Crippen LogP contribution in [0.2, 0.25) is 0 Å². The van der Waals surface area contributed by atoms with E-state index in [4.69, 9.17) is 19.7 Å². The van der Waals surface area contributed by atoms with E-state index >= 15 is 0 Å². The van der Waals surface area contributed by atoms with Crippen LogP contribution in [0.25, 0.3) is 6.08 Å². The Morgan fingerprint density at radius 1 is 1.22 bits per heavy atom. The molecule has 0 amide bonds. The van der Waals surface area contributed by atoms with Gasteiger partial charge in [0.15, 0.2) is 11.5 Å². The monoisotopic (exact) mass is 250 g/mol. The summed E-state index contributed by atoms with van der Waals surface area (Å²) in [6, 6.07) is 4.89. The molecule has 0 saturated carbocycles. The van der Waals surface area contributed by atoms with Gasteiger partial charge in [-0.1, -0.05) is 6.07 Å². The van der Waals surface area contributed by atoms with Crippen LogP contribution in [0.4, 0.5) is 0 Å². The van der Waals surface area contributed by atoms with Gasteiger partial charge >= 0.3 is 11.9 Å². The van der Waals surface area contributed by atoms with Crippen molar-refractivity contribution in [3.05, 3.63) is 29.3 Å². The average Bonchev–Trinajstić information content (AvgIpc) is 2.74. The first-order valence-electron chi connectivity index (χ1n) is 5.11. The van der Waals surface area contributed by atoms with Gasteiger partial charge in [-0.15, -0.1) is 0 Å². The number of aliphatic carboxylic acids is 2. The molecule has 0 radical (unpaired) electrons. The van der Waals surface area contributed by atoms with Crippen molar-refractivity contribution < 1.29 is 29.3 Å². The van der Waals surface area contributed by atoms with Crippen LogP contribution in [-0.4, -0.2) is 28.9 Å². The van der Waals surface area contributed by atoms with Crippen molar-refractivity contribution in [2.75, 3.05) is 6.79 Å². The summed E-state index contributed by atoms with van der Waals surface area (Å²) in [6.45, 7) is 0.128. The van der Waals surface area contributed by atoms with E-state index in [1.807, 2.05) is 0 Å². The highest BCUT2D eigenvalue weighted by Gasteiger charge is 2.15. The Bertz CT molecular complexity index is 531. The largest absolute Gasteiger partial charge is 0.481 e. The maximum Gasteiger partial charge on any atom is 0.332 e. The van der Waals surface area contributed by atoms with E-state index in [0.717, 1.165) is 0 Å². The highest BCUT2D eigenvalue weighted by atomic mass is 16.7. The predicted molar refractivity (Wildman–Crippen MR) is 60.4 cm³/mol. The third kappa shape index (κ3) is 2.60. The molecule has 1 aromatic carbocycles. The van der Waals surface area contributed by atoms with E-state index in [2.05, 4.69) is 0 Å². The molecule has 0 atom stereocenters. The van der Waals surface area contributed by atoms with Crippen LogP contribution in [0.5, 0.6) is 11.5 Å². The number of fused-ring (bicyclic) bond motifs is 1. The second-order valence-corrected chi connectivity index (χ2v) is 3.66. The molecule has 0 fully saturated rings. The molecule has 0 bridgehead atoms. The topological polar surface area (TPSA) is 93.1 Å². The summed E-state index contributed by atoms with van der Waals surface area (Å²) in [4.78, 5) is 21.4. The third-order valence-corrected chi connectivity index (χ3v) is 2.35. The molecule has 0 aromatic heterocycles. The number of carboxylic acids is 2. The van der Waals surface area contributed by atoms with E-state index in [1.54, 1.807) is 18.2 Å². The molecule has 18 heavy (non-hydrogen) atoms. The number of ether oxygens (including phenoxy) is 2. The molecule has 6 nitrogen and oxygen atoms in total. The van der Waals surface area contributed by atoms with Gasteiger partial charge in [-0.2, -0.15) is 0 Å². The highest BCUT2D eigenvalue weighted by molar-refractivity contribution is 5.96. The number of carboxylic acid groups (broad SMARTS) is 2. The Balaban J connectivity index is 2.29. The number of hydrogen-bond acceptors (Lipinski definition) is 4. The summed E-state index contributed by atoms with van der Waals surface area (Å²) in [5.41, 5.74) is 0.360. The van der Waals surface area contributed by atoms with Crippen LogP contribution >= 0.6 is 0 Å². The van der Waals surface area contributed by atoms with Crippen molar-refractivity contribution >= 4 is 18.0 Å². The molecule has 2 N–H and O–H groups in total. The Hall–Kier alpha value is -2.50. The van der Waals surface area contributed by atoms with Gasteiger partial charge < -0.3 is 19.7 Å². The second-order valence-electron chi connectivity index (χ2n) is 3.66. The SMILES string of the molecule is O=C(O)C/C(=C/c1ccc2c(c1)OCO2)C(=O)O. The molecule has 0 spiro atoms. The molecule has 6 heteroatoms. The quantitative estimate of drug-likeness (QED) is 0.783. The third-order valence-electron chi connectivity index (χ3n) is 2.35. The van der Waals surface area contributed by atoms with Gasteiger partial charge in [0.05, 0.1) is 6.42 Å². The standard InChI is InChI=1S/C12H10O6/c13-11(14)5-8(12(15)16)3-7-1-2-9-10(4-7)18-6-17-9/h1-4H,5-6H2,(H,13,14)(H,15,16)/b8-3-. The Labute approximate surface area is 102 Å². The highest BCUT2D eigenvalue weighted by Crippen LogP contribution is 2.33. The maximum atomic E-state index is 10.9. The molecule has 1 aliphatic rings. The molecular weight excluding hydrogens is 240 g/mol. The molecule has 0 aliphatic carbocycles. The first-order chi connectivity index (χ1) is 8.56. The van der Waals surface area contributed by atoms with E-state index in [0.29, 0.717) is 17.1 Å². The van der Waals surface area contributed by atoms with Crippen LogP contribution in [0.3, 0.4) is 0 Å². The van der Waals surface area contributed by atoms with E-state index in [-0.39, 0.29) is 12.4 Å². The molecule has 1 aromatic rings. The molecule has 1 heterocycles. The van der Waals surface area contributed by atoms with E-state index in [1.165, 1.54) is 6.08 Å². The lowest BCUT2D eigenvalue weighted by atomic mass is 10.1. The van der Waals surface area contributed by atoms with Crippen molar-refractivity contribution in [1.82, 2.24) is 0 Å². The Morgan fingerprint density at radius 2 is 1.94 bits per heavy atom. The summed E-state index contributed by atoms with van der Waals surface area (Å²) >= 11 is 0. The zero-order chi connectivity index (χ0) is 13.1. The number of carbonyl (C=O) groups is 2. The van der Waals surface area contributed by atoms with Gasteiger partial charge in [0.25, 0.3) is 0 Å². The summed E-state index contributed by atoms with van der Waals surface area (Å²) in [7, 11) is 0. The zero-order valence-corrected chi connectivity index (χ0v) is 9.25. The van der Waals surface area contributed by atoms with Crippen molar-refractivity contribution in [2.24, 2.45) is 0 Å². The minimum atomic E-state index is -1.25. The number of benzene rings is 1. The summed E-state index contributed by atoms with van der Waals surface area (Å²) in [5.74, 6) is -1.34. The first kappa shape index (κ1) is 12.0. The smallest absolute Gasteiger partial charge is 0.332 e. The summed E-state index contributed by atoms with van der Waals surface area (Å²) in [5, 5.41) is 17.5. The van der Waals surface area contributed by atoms with Crippen molar-refractivity contribution in [2.45, 2.75) is 6.42 Å². The minimum Gasteiger partial charge on any atom is -0.481 e. The lowest BCUT2D eigenvalue weighted by Crippen LogP contribution is -2.06. The fraction of sp³-hybridized carbons (Fsp3) is 0.167. The second kappa shape index (κ2) is 4.79. The summed E-state index contributed by atoms with van der Waals surface area (Å²) < 4.78 is 10.3. The Kier molecular flexibility index (Phi) is 3.18. The van der Waals surface area contributed by atoms with Crippen LogP contribution in [0, 0.1) is 0 Å². The fourth-order valence-corrected chi connectivity index (χ4v) is 1.56. The zero-order valence-electron chi connectivity index (χ0n) is 9.25. The van der Waals surface area contributed by atoms with Gasteiger partial charge in [0, 0.05) is 5.57 Å². The molecule has 2 rings (SSSR count). The van der Waals surface area contributed by atoms with Crippen LogP contribution in [0.1, 0.15) is 12.0 Å². The first-order valence-corrected chi connectivity index (χ1v) is 5.11. The van der Waals surface area contributed by atoms with Crippen LogP contribution in [-0.2, 0) is 9.59 Å².